The Bertz CT molecular complexity index is 1030. The Kier molecular flexibility index (Phi) is 3.40. The molecule has 0 saturated carbocycles. The van der Waals surface area contributed by atoms with Crippen molar-refractivity contribution in [3.05, 3.63) is 82.7 Å². The summed E-state index contributed by atoms with van der Waals surface area (Å²) in [6.07, 6.45) is 1.63. The van der Waals surface area contributed by atoms with E-state index < -0.39 is 11.6 Å². The van der Waals surface area contributed by atoms with Crippen LogP contribution in [0, 0.1) is 0 Å². The van der Waals surface area contributed by atoms with Gasteiger partial charge in [-0.15, -0.1) is 0 Å². The van der Waals surface area contributed by atoms with Crippen molar-refractivity contribution in [1.29, 1.82) is 0 Å². The van der Waals surface area contributed by atoms with Gasteiger partial charge in [-0.25, -0.2) is 0 Å². The number of ether oxygens (including phenoxy) is 1. The minimum absolute atomic E-state index is 0.168. The van der Waals surface area contributed by atoms with Crippen LogP contribution in [-0.4, -0.2) is 16.6 Å². The van der Waals surface area contributed by atoms with Gasteiger partial charge in [0.05, 0.1) is 0 Å². The number of carbonyl (C=O) groups is 2. The van der Waals surface area contributed by atoms with E-state index in [9.17, 15) is 9.59 Å². The van der Waals surface area contributed by atoms with Crippen LogP contribution in [0.3, 0.4) is 0 Å². The van der Waals surface area contributed by atoms with Crippen molar-refractivity contribution in [2.75, 3.05) is 0 Å². The number of nitrogens with zero attached hydrogens (tertiary/aromatic N) is 1. The molecular weight excluding hydrogens is 326 g/mol. The third kappa shape index (κ3) is 2.20. The second kappa shape index (κ2) is 5.58. The summed E-state index contributed by atoms with van der Waals surface area (Å²) in [6, 6.07) is 15.6. The van der Waals surface area contributed by atoms with Gasteiger partial charge >= 0.3 is 0 Å². The fourth-order valence-electron chi connectivity index (χ4n) is 2.68. The zero-order valence-corrected chi connectivity index (χ0v) is 13.1. The van der Waals surface area contributed by atoms with Gasteiger partial charge in [-0.05, 0) is 12.1 Å². The van der Waals surface area contributed by atoms with Gasteiger partial charge < -0.3 is 4.74 Å². The summed E-state index contributed by atoms with van der Waals surface area (Å²) >= 11 is 6.12. The minimum Gasteiger partial charge on any atom is -0.449 e. The van der Waals surface area contributed by atoms with E-state index in [-0.39, 0.29) is 21.9 Å². The first kappa shape index (κ1) is 14.6. The predicted molar refractivity (Wildman–Crippen MR) is 90.4 cm³/mol. The van der Waals surface area contributed by atoms with E-state index in [0.717, 1.165) is 5.39 Å². The number of aromatic nitrogens is 1. The number of allylic oxidation sites excluding steroid dienone is 2. The molecule has 0 N–H and O–H groups in total. The average molecular weight is 336 g/mol. The first-order valence-electron chi connectivity index (χ1n) is 7.26. The molecule has 0 unspecified atom stereocenters. The van der Waals surface area contributed by atoms with Crippen molar-refractivity contribution >= 4 is 34.1 Å². The fourth-order valence-corrected chi connectivity index (χ4v) is 2.91. The van der Waals surface area contributed by atoms with Crippen LogP contribution in [0.15, 0.2) is 71.6 Å². The summed E-state index contributed by atoms with van der Waals surface area (Å²) < 4.78 is 5.74. The number of benzene rings is 2. The van der Waals surface area contributed by atoms with Crippen LogP contribution >= 0.6 is 11.6 Å². The van der Waals surface area contributed by atoms with E-state index in [1.54, 1.807) is 42.6 Å². The van der Waals surface area contributed by atoms with Crippen LogP contribution in [0.1, 0.15) is 20.7 Å². The number of ketones is 2. The van der Waals surface area contributed by atoms with Crippen LogP contribution in [0.2, 0.25) is 0 Å². The Morgan fingerprint density at radius 1 is 0.833 bits per heavy atom. The zero-order chi connectivity index (χ0) is 16.7. The Morgan fingerprint density at radius 2 is 1.54 bits per heavy atom. The Hall–Kier alpha value is -2.98. The molecule has 1 aliphatic carbocycles. The number of fused-ring (bicyclic) bond motifs is 2. The summed E-state index contributed by atoms with van der Waals surface area (Å²) in [5.74, 6) is -0.626. The number of hydrogen-bond acceptors (Lipinski definition) is 4. The molecule has 1 aromatic heterocycles. The van der Waals surface area contributed by atoms with Crippen LogP contribution in [0.25, 0.3) is 10.9 Å². The highest BCUT2D eigenvalue weighted by molar-refractivity contribution is 6.49. The first-order chi connectivity index (χ1) is 11.7. The van der Waals surface area contributed by atoms with Crippen molar-refractivity contribution in [3.8, 4) is 5.75 Å². The van der Waals surface area contributed by atoms with E-state index >= 15 is 0 Å². The van der Waals surface area contributed by atoms with E-state index in [1.807, 2.05) is 18.2 Å². The van der Waals surface area contributed by atoms with Crippen molar-refractivity contribution < 1.29 is 14.3 Å². The van der Waals surface area contributed by atoms with Crippen LogP contribution in [-0.2, 0) is 0 Å². The monoisotopic (exact) mass is 335 g/mol. The molecule has 5 heteroatoms. The zero-order valence-electron chi connectivity index (χ0n) is 12.3. The Balaban J connectivity index is 1.83. The molecule has 24 heavy (non-hydrogen) atoms. The molecule has 2 aromatic carbocycles. The van der Waals surface area contributed by atoms with E-state index in [2.05, 4.69) is 4.98 Å². The number of hydrogen-bond donors (Lipinski definition) is 0. The van der Waals surface area contributed by atoms with Crippen molar-refractivity contribution in [2.24, 2.45) is 0 Å². The highest BCUT2D eigenvalue weighted by atomic mass is 35.5. The second-order valence-electron chi connectivity index (χ2n) is 5.28. The number of carbonyl (C=O) groups excluding carboxylic acids is 2. The molecule has 0 amide bonds. The maximum absolute atomic E-state index is 12.7. The summed E-state index contributed by atoms with van der Waals surface area (Å²) in [7, 11) is 0. The number of pyridine rings is 1. The molecular formula is C19H10ClNO3. The van der Waals surface area contributed by atoms with Crippen molar-refractivity contribution in [2.45, 2.75) is 0 Å². The maximum atomic E-state index is 12.7. The lowest BCUT2D eigenvalue weighted by atomic mass is 9.93. The van der Waals surface area contributed by atoms with Gasteiger partial charge in [-0.3, -0.25) is 14.6 Å². The molecule has 4 nitrogen and oxygen atoms in total. The Labute approximate surface area is 142 Å². The first-order valence-corrected chi connectivity index (χ1v) is 7.64. The maximum Gasteiger partial charge on any atom is 0.230 e. The highest BCUT2D eigenvalue weighted by Gasteiger charge is 2.33. The predicted octanol–water partition coefficient (Wildman–Crippen LogP) is 4.14. The fraction of sp³-hybridized carbons (Fsp3) is 0. The standard InChI is InChI=1S/C19H10ClNO3/c20-15-17(22)12-7-1-2-8-13(12)18(23)19(15)24-14-9-3-5-11-6-4-10-21-16(11)14/h1-10H. The minimum atomic E-state index is -0.421. The molecule has 0 bridgehead atoms. The summed E-state index contributed by atoms with van der Waals surface area (Å²) in [6.45, 7) is 0. The molecule has 3 aromatic rings. The van der Waals surface area contributed by atoms with Crippen LogP contribution < -0.4 is 4.74 Å². The van der Waals surface area contributed by atoms with Crippen molar-refractivity contribution in [1.82, 2.24) is 4.98 Å². The highest BCUT2D eigenvalue weighted by Crippen LogP contribution is 2.32. The van der Waals surface area contributed by atoms with Crippen molar-refractivity contribution in [3.63, 3.8) is 0 Å². The molecule has 0 saturated heterocycles. The molecule has 0 atom stereocenters. The van der Waals surface area contributed by atoms with Gasteiger partial charge in [0, 0.05) is 22.7 Å². The molecule has 116 valence electrons. The topological polar surface area (TPSA) is 56.3 Å². The van der Waals surface area contributed by atoms with E-state index in [4.69, 9.17) is 16.3 Å². The molecule has 0 radical (unpaired) electrons. The number of para-hydroxylation sites is 1. The lowest BCUT2D eigenvalue weighted by molar-refractivity contribution is 0.0943. The quantitative estimate of drug-likeness (QED) is 0.706. The third-order valence-electron chi connectivity index (χ3n) is 3.83. The van der Waals surface area contributed by atoms with E-state index in [1.165, 1.54) is 0 Å². The SMILES string of the molecule is O=C1C(Cl)=C(Oc2cccc3cccnc23)C(=O)c2ccccc21. The molecule has 0 spiro atoms. The summed E-state index contributed by atoms with van der Waals surface area (Å²) in [4.78, 5) is 29.3. The number of halogens is 1. The van der Waals surface area contributed by atoms with Gasteiger partial charge in [-0.1, -0.05) is 54.1 Å². The average Bonchev–Trinajstić information content (AvgIpc) is 2.63. The van der Waals surface area contributed by atoms with Gasteiger partial charge in [0.15, 0.2) is 11.5 Å². The molecule has 0 fully saturated rings. The summed E-state index contributed by atoms with van der Waals surface area (Å²) in [5, 5.41) is 0.647. The number of Topliss-reactive ketones (excluding diaryl/α,β-unsaturated/α-hetero) is 2. The molecule has 1 heterocycles. The summed E-state index contributed by atoms with van der Waals surface area (Å²) in [5.41, 5.74) is 1.17. The Morgan fingerprint density at radius 3 is 2.33 bits per heavy atom. The smallest absolute Gasteiger partial charge is 0.230 e. The van der Waals surface area contributed by atoms with Gasteiger partial charge in [0.2, 0.25) is 11.6 Å². The lowest BCUT2D eigenvalue weighted by Gasteiger charge is -2.18. The van der Waals surface area contributed by atoms with Crippen LogP contribution in [0.4, 0.5) is 0 Å². The number of rotatable bonds is 2. The molecule has 1 aliphatic rings. The van der Waals surface area contributed by atoms with Gasteiger partial charge in [0.25, 0.3) is 0 Å². The van der Waals surface area contributed by atoms with Gasteiger partial charge in [-0.2, -0.15) is 0 Å². The largest absolute Gasteiger partial charge is 0.449 e. The third-order valence-corrected chi connectivity index (χ3v) is 4.17. The lowest BCUT2D eigenvalue weighted by Crippen LogP contribution is -2.23. The van der Waals surface area contributed by atoms with Crippen LogP contribution in [0.5, 0.6) is 5.75 Å². The van der Waals surface area contributed by atoms with E-state index in [0.29, 0.717) is 11.3 Å². The normalized spacial score (nSPS) is 14.0. The second-order valence-corrected chi connectivity index (χ2v) is 5.66. The molecule has 0 aliphatic heterocycles. The van der Waals surface area contributed by atoms with Gasteiger partial charge in [0.1, 0.15) is 10.5 Å². The molecule has 4 rings (SSSR count).